The SMILES string of the molecule is CN1c2ccccc2N(CCNS(=O)(=O)C=Cc2ccccc2)S1(=O)=O. The summed E-state index contributed by atoms with van der Waals surface area (Å²) in [5.41, 5.74) is 1.86. The van der Waals surface area contributed by atoms with Gasteiger partial charge in [0.05, 0.1) is 11.4 Å². The Morgan fingerprint density at radius 3 is 2.31 bits per heavy atom. The molecule has 1 N–H and O–H groups in total. The molecule has 3 rings (SSSR count). The van der Waals surface area contributed by atoms with E-state index in [1.165, 1.54) is 21.7 Å². The van der Waals surface area contributed by atoms with Crippen LogP contribution in [0.1, 0.15) is 5.56 Å². The lowest BCUT2D eigenvalue weighted by molar-refractivity contribution is 0.584. The zero-order chi connectivity index (χ0) is 18.8. The van der Waals surface area contributed by atoms with Gasteiger partial charge in [0.1, 0.15) is 0 Å². The predicted octanol–water partition coefficient (Wildman–Crippen LogP) is 1.78. The highest BCUT2D eigenvalue weighted by Gasteiger charge is 2.37. The minimum atomic E-state index is -3.68. The lowest BCUT2D eigenvalue weighted by atomic mass is 10.2. The molecular weight excluding hydrogens is 374 g/mol. The molecule has 7 nitrogen and oxygen atoms in total. The lowest BCUT2D eigenvalue weighted by Crippen LogP contribution is -2.40. The average molecular weight is 393 g/mol. The molecule has 1 aliphatic heterocycles. The number of para-hydroxylation sites is 2. The second kappa shape index (κ2) is 7.10. The van der Waals surface area contributed by atoms with E-state index in [1.807, 2.05) is 18.2 Å². The zero-order valence-electron chi connectivity index (χ0n) is 14.1. The van der Waals surface area contributed by atoms with Gasteiger partial charge in [-0.2, -0.15) is 8.42 Å². The van der Waals surface area contributed by atoms with Gasteiger partial charge in [0, 0.05) is 25.5 Å². The normalized spacial score (nSPS) is 16.2. The van der Waals surface area contributed by atoms with Crippen LogP contribution < -0.4 is 13.3 Å². The van der Waals surface area contributed by atoms with Crippen molar-refractivity contribution in [3.05, 3.63) is 65.6 Å². The Bertz CT molecular complexity index is 1020. The summed E-state index contributed by atoms with van der Waals surface area (Å²) in [7, 11) is -5.88. The number of hydrogen-bond acceptors (Lipinski definition) is 4. The molecule has 0 aliphatic carbocycles. The van der Waals surface area contributed by atoms with Crippen LogP contribution in [0.15, 0.2) is 60.0 Å². The van der Waals surface area contributed by atoms with Gasteiger partial charge in [-0.25, -0.2) is 17.4 Å². The Labute approximate surface area is 153 Å². The first-order chi connectivity index (χ1) is 12.3. The average Bonchev–Trinajstić information content (AvgIpc) is 2.82. The van der Waals surface area contributed by atoms with Crippen LogP contribution in [0.2, 0.25) is 0 Å². The fourth-order valence-corrected chi connectivity index (χ4v) is 4.88. The number of hydrogen-bond donors (Lipinski definition) is 1. The smallest absolute Gasteiger partial charge is 0.254 e. The maximum absolute atomic E-state index is 12.5. The molecule has 0 aromatic heterocycles. The highest BCUT2D eigenvalue weighted by Crippen LogP contribution is 2.38. The van der Waals surface area contributed by atoms with Crippen LogP contribution in [0.25, 0.3) is 6.08 Å². The molecule has 2 aromatic carbocycles. The largest absolute Gasteiger partial charge is 0.326 e. The minimum absolute atomic E-state index is 0.00208. The van der Waals surface area contributed by atoms with Crippen molar-refractivity contribution in [2.75, 3.05) is 28.7 Å². The molecule has 0 unspecified atom stereocenters. The van der Waals surface area contributed by atoms with E-state index in [0.717, 1.165) is 11.0 Å². The van der Waals surface area contributed by atoms with Crippen LogP contribution >= 0.6 is 0 Å². The second-order valence-electron chi connectivity index (χ2n) is 5.69. The summed E-state index contributed by atoms with van der Waals surface area (Å²) in [4.78, 5) is 0. The van der Waals surface area contributed by atoms with Crippen LogP contribution in [-0.4, -0.2) is 37.0 Å². The molecule has 0 fully saturated rings. The summed E-state index contributed by atoms with van der Waals surface area (Å²) in [6.45, 7) is -0.0367. The summed E-state index contributed by atoms with van der Waals surface area (Å²) in [6.07, 6.45) is 1.48. The third kappa shape index (κ3) is 3.74. The Kier molecular flexibility index (Phi) is 5.03. The van der Waals surface area contributed by atoms with E-state index >= 15 is 0 Å². The number of benzene rings is 2. The number of nitrogens with zero attached hydrogens (tertiary/aromatic N) is 2. The molecule has 9 heteroatoms. The highest BCUT2D eigenvalue weighted by atomic mass is 32.2. The first-order valence-electron chi connectivity index (χ1n) is 7.90. The molecule has 1 heterocycles. The molecule has 26 heavy (non-hydrogen) atoms. The first kappa shape index (κ1) is 18.4. The summed E-state index contributed by atoms with van der Waals surface area (Å²) in [5.74, 6) is 0. The van der Waals surface area contributed by atoms with E-state index in [1.54, 1.807) is 36.4 Å². The molecule has 0 saturated carbocycles. The predicted molar refractivity (Wildman–Crippen MR) is 104 cm³/mol. The van der Waals surface area contributed by atoms with Gasteiger partial charge < -0.3 is 0 Å². The van der Waals surface area contributed by atoms with Crippen LogP contribution in [0.4, 0.5) is 11.4 Å². The van der Waals surface area contributed by atoms with Gasteiger partial charge in [0.25, 0.3) is 0 Å². The van der Waals surface area contributed by atoms with Crippen LogP contribution in [0.5, 0.6) is 0 Å². The van der Waals surface area contributed by atoms with Gasteiger partial charge in [-0.05, 0) is 23.8 Å². The molecular formula is C17H19N3O4S2. The monoisotopic (exact) mass is 393 g/mol. The number of sulfonamides is 1. The quantitative estimate of drug-likeness (QED) is 0.810. The van der Waals surface area contributed by atoms with Crippen molar-refractivity contribution in [2.45, 2.75) is 0 Å². The third-order valence-electron chi connectivity index (χ3n) is 3.97. The van der Waals surface area contributed by atoms with Gasteiger partial charge in [-0.3, -0.25) is 4.31 Å². The van der Waals surface area contributed by atoms with E-state index in [2.05, 4.69) is 4.72 Å². The maximum Gasteiger partial charge on any atom is 0.326 e. The molecule has 0 radical (unpaired) electrons. The fourth-order valence-electron chi connectivity index (χ4n) is 2.64. The van der Waals surface area contributed by atoms with Gasteiger partial charge in [-0.15, -0.1) is 0 Å². The van der Waals surface area contributed by atoms with E-state index < -0.39 is 20.2 Å². The summed E-state index contributed by atoms with van der Waals surface area (Å²) < 4.78 is 53.9. The van der Waals surface area contributed by atoms with Gasteiger partial charge >= 0.3 is 10.2 Å². The molecule has 138 valence electrons. The molecule has 0 atom stereocenters. The molecule has 0 bridgehead atoms. The van der Waals surface area contributed by atoms with Crippen molar-refractivity contribution >= 4 is 37.7 Å². The number of anilines is 2. The second-order valence-corrected chi connectivity index (χ2v) is 9.22. The van der Waals surface area contributed by atoms with Crippen molar-refractivity contribution in [3.8, 4) is 0 Å². The molecule has 0 saturated heterocycles. The Morgan fingerprint density at radius 1 is 1.00 bits per heavy atom. The molecule has 0 amide bonds. The van der Waals surface area contributed by atoms with E-state index in [9.17, 15) is 16.8 Å². The third-order valence-corrected chi connectivity index (χ3v) is 6.90. The van der Waals surface area contributed by atoms with E-state index in [-0.39, 0.29) is 13.1 Å². The Balaban J connectivity index is 1.67. The summed E-state index contributed by atoms with van der Waals surface area (Å²) in [6, 6.07) is 15.9. The topological polar surface area (TPSA) is 86.8 Å². The van der Waals surface area contributed by atoms with Gasteiger partial charge in [0.15, 0.2) is 0 Å². The molecule has 1 aliphatic rings. The van der Waals surface area contributed by atoms with Crippen molar-refractivity contribution in [1.29, 1.82) is 0 Å². The fraction of sp³-hybridized carbons (Fsp3) is 0.176. The Hall–Kier alpha value is -2.36. The van der Waals surface area contributed by atoms with Crippen molar-refractivity contribution in [2.24, 2.45) is 0 Å². The Morgan fingerprint density at radius 2 is 1.62 bits per heavy atom. The molecule has 2 aromatic rings. The van der Waals surface area contributed by atoms with Crippen molar-refractivity contribution in [1.82, 2.24) is 4.72 Å². The van der Waals surface area contributed by atoms with Crippen LogP contribution in [-0.2, 0) is 20.2 Å². The number of rotatable bonds is 6. The summed E-state index contributed by atoms with van der Waals surface area (Å²) >= 11 is 0. The molecule has 0 spiro atoms. The van der Waals surface area contributed by atoms with Crippen LogP contribution in [0, 0.1) is 0 Å². The van der Waals surface area contributed by atoms with Crippen molar-refractivity contribution in [3.63, 3.8) is 0 Å². The summed E-state index contributed by atoms with van der Waals surface area (Å²) in [5, 5.41) is 1.07. The lowest BCUT2D eigenvalue weighted by Gasteiger charge is -2.19. The minimum Gasteiger partial charge on any atom is -0.254 e. The first-order valence-corrected chi connectivity index (χ1v) is 10.8. The maximum atomic E-state index is 12.5. The van der Waals surface area contributed by atoms with Gasteiger partial charge in [-0.1, -0.05) is 42.5 Å². The number of nitrogens with one attached hydrogen (secondary N) is 1. The zero-order valence-corrected chi connectivity index (χ0v) is 15.7. The van der Waals surface area contributed by atoms with Crippen molar-refractivity contribution < 1.29 is 16.8 Å². The van der Waals surface area contributed by atoms with Crippen LogP contribution in [0.3, 0.4) is 0 Å². The van der Waals surface area contributed by atoms with E-state index in [4.69, 9.17) is 0 Å². The van der Waals surface area contributed by atoms with E-state index in [0.29, 0.717) is 11.4 Å². The number of fused-ring (bicyclic) bond motifs is 1. The standard InChI is InChI=1S/C17H19N3O4S2/c1-19-16-9-5-6-10-17(16)20(26(19,23)24)13-12-18-25(21,22)14-11-15-7-3-2-4-8-15/h2-11,14,18H,12-13H2,1H3. The highest BCUT2D eigenvalue weighted by molar-refractivity contribution is 7.94. The van der Waals surface area contributed by atoms with Gasteiger partial charge in [0.2, 0.25) is 10.0 Å².